The van der Waals surface area contributed by atoms with Crippen molar-refractivity contribution < 1.29 is 10.2 Å². The summed E-state index contributed by atoms with van der Waals surface area (Å²) < 4.78 is 0.933. The predicted octanol–water partition coefficient (Wildman–Crippen LogP) is 4.50. The zero-order valence-electron chi connectivity index (χ0n) is 16.5. The number of nitrogens with zero attached hydrogens (tertiary/aromatic N) is 2. The van der Waals surface area contributed by atoms with Gasteiger partial charge in [0.25, 0.3) is 0 Å². The Morgan fingerprint density at radius 1 is 1.16 bits per heavy atom. The van der Waals surface area contributed by atoms with Gasteiger partial charge in [-0.2, -0.15) is 0 Å². The summed E-state index contributed by atoms with van der Waals surface area (Å²) in [5.41, 5.74) is 13.4. The van der Waals surface area contributed by atoms with E-state index < -0.39 is 18.2 Å². The van der Waals surface area contributed by atoms with Crippen molar-refractivity contribution in [1.29, 1.82) is 0 Å². The van der Waals surface area contributed by atoms with Crippen LogP contribution in [0.25, 0.3) is 21.3 Å². The summed E-state index contributed by atoms with van der Waals surface area (Å²) in [6.45, 7) is 1.14. The molecule has 160 valence electrons. The molecular formula is C22H20Cl2N4O2S. The van der Waals surface area contributed by atoms with E-state index in [1.54, 1.807) is 37.4 Å². The van der Waals surface area contributed by atoms with Gasteiger partial charge in [0.05, 0.1) is 29.1 Å². The molecule has 0 saturated heterocycles. The average molecular weight is 475 g/mol. The monoisotopic (exact) mass is 474 g/mol. The Labute approximate surface area is 193 Å². The Morgan fingerprint density at radius 2 is 1.94 bits per heavy atom. The third-order valence-electron chi connectivity index (χ3n) is 5.06. The highest BCUT2D eigenvalue weighted by molar-refractivity contribution is 7.19. The molecule has 6 nitrogen and oxygen atoms in total. The first-order chi connectivity index (χ1) is 14.7. The molecule has 0 aliphatic heterocycles. The number of aliphatic hydroxyl groups is 2. The van der Waals surface area contributed by atoms with Gasteiger partial charge in [0.1, 0.15) is 11.4 Å². The quantitative estimate of drug-likeness (QED) is 0.338. The first kappa shape index (κ1) is 22.0. The molecule has 2 atom stereocenters. The van der Waals surface area contributed by atoms with Gasteiger partial charge in [0.2, 0.25) is 0 Å². The lowest BCUT2D eigenvalue weighted by Gasteiger charge is -2.21. The van der Waals surface area contributed by atoms with Gasteiger partial charge in [0, 0.05) is 26.4 Å². The van der Waals surface area contributed by atoms with E-state index in [1.165, 1.54) is 11.3 Å². The third kappa shape index (κ3) is 4.25. The molecule has 0 aliphatic carbocycles. The van der Waals surface area contributed by atoms with Crippen LogP contribution in [0.5, 0.6) is 0 Å². The van der Waals surface area contributed by atoms with E-state index in [2.05, 4.69) is 9.97 Å². The summed E-state index contributed by atoms with van der Waals surface area (Å²) in [5.74, 6) is 0.344. The summed E-state index contributed by atoms with van der Waals surface area (Å²) in [6, 6.07) is 11.8. The van der Waals surface area contributed by atoms with Gasteiger partial charge in [-0.3, -0.25) is 4.98 Å². The first-order valence-electron chi connectivity index (χ1n) is 9.40. The van der Waals surface area contributed by atoms with E-state index in [0.717, 1.165) is 20.5 Å². The van der Waals surface area contributed by atoms with E-state index in [1.807, 2.05) is 18.2 Å². The fourth-order valence-corrected chi connectivity index (χ4v) is 4.93. The summed E-state index contributed by atoms with van der Waals surface area (Å²) in [5, 5.41) is 21.8. The van der Waals surface area contributed by atoms with Crippen molar-refractivity contribution in [1.82, 2.24) is 9.97 Å². The molecule has 6 N–H and O–H groups in total. The van der Waals surface area contributed by atoms with Gasteiger partial charge in [0.15, 0.2) is 0 Å². The number of pyridine rings is 2. The van der Waals surface area contributed by atoms with Crippen LogP contribution in [0.3, 0.4) is 0 Å². The number of anilines is 1. The Kier molecular flexibility index (Phi) is 5.91. The lowest BCUT2D eigenvalue weighted by molar-refractivity contribution is -0.00230. The maximum atomic E-state index is 10.4. The van der Waals surface area contributed by atoms with Crippen molar-refractivity contribution >= 4 is 50.4 Å². The molecule has 0 aliphatic rings. The second kappa shape index (κ2) is 8.35. The SMILES string of the molecule is CC(O)(CO)c1ccnc(-c2cc(Cl)cc3cc(C(N)c4nc(N)ccc4Cl)sc23)c1. The van der Waals surface area contributed by atoms with Crippen molar-refractivity contribution in [2.45, 2.75) is 18.6 Å². The minimum atomic E-state index is -1.38. The molecule has 3 aromatic heterocycles. The van der Waals surface area contributed by atoms with Crippen LogP contribution in [0.15, 0.2) is 48.7 Å². The Morgan fingerprint density at radius 3 is 2.68 bits per heavy atom. The number of nitrogens with two attached hydrogens (primary N) is 2. The number of rotatable bonds is 5. The van der Waals surface area contributed by atoms with E-state index in [0.29, 0.717) is 32.8 Å². The Balaban J connectivity index is 1.85. The smallest absolute Gasteiger partial charge is 0.123 e. The van der Waals surface area contributed by atoms with Crippen LogP contribution >= 0.6 is 34.5 Å². The Bertz CT molecular complexity index is 1280. The molecule has 0 amide bonds. The van der Waals surface area contributed by atoms with Gasteiger partial charge in [-0.05, 0) is 60.3 Å². The summed E-state index contributed by atoms with van der Waals surface area (Å²) in [4.78, 5) is 9.61. The standard InChI is InChI=1S/C22H20Cl2N4O2S/c1-22(30,10-29)12-4-5-27-16(8-12)14-9-13(23)6-11-7-17(31-21(11)14)19(26)20-15(24)2-3-18(25)28-20/h2-9,19,29-30H,10,26H2,1H3,(H2,25,28). The zero-order valence-corrected chi connectivity index (χ0v) is 18.8. The van der Waals surface area contributed by atoms with Crippen LogP contribution < -0.4 is 11.5 Å². The van der Waals surface area contributed by atoms with Crippen molar-refractivity contribution in [3.8, 4) is 11.3 Å². The molecule has 3 heterocycles. The molecule has 0 saturated carbocycles. The number of thiophene rings is 1. The average Bonchev–Trinajstić information content (AvgIpc) is 3.18. The summed E-state index contributed by atoms with van der Waals surface area (Å²) >= 11 is 14.2. The summed E-state index contributed by atoms with van der Waals surface area (Å²) in [7, 11) is 0. The van der Waals surface area contributed by atoms with Crippen molar-refractivity contribution in [3.63, 3.8) is 0 Å². The highest BCUT2D eigenvalue weighted by atomic mass is 35.5. The van der Waals surface area contributed by atoms with Crippen molar-refractivity contribution in [2.75, 3.05) is 12.3 Å². The van der Waals surface area contributed by atoms with E-state index in [4.69, 9.17) is 34.7 Å². The number of hydrogen-bond donors (Lipinski definition) is 4. The largest absolute Gasteiger partial charge is 0.393 e. The number of fused-ring (bicyclic) bond motifs is 1. The molecule has 1 aromatic carbocycles. The molecular weight excluding hydrogens is 455 g/mol. The molecule has 9 heteroatoms. The Hall–Kier alpha value is -2.26. The second-order valence-corrected chi connectivity index (χ2v) is 9.39. The molecule has 0 spiro atoms. The van der Waals surface area contributed by atoms with Crippen LogP contribution in [0.2, 0.25) is 10.0 Å². The van der Waals surface area contributed by atoms with Crippen LogP contribution in [0.4, 0.5) is 5.82 Å². The van der Waals surface area contributed by atoms with Crippen LogP contribution in [0, 0.1) is 0 Å². The number of hydrogen-bond acceptors (Lipinski definition) is 7. The number of benzene rings is 1. The lowest BCUT2D eigenvalue weighted by Crippen LogP contribution is -2.25. The van der Waals surface area contributed by atoms with Crippen LogP contribution in [0.1, 0.15) is 29.1 Å². The highest BCUT2D eigenvalue weighted by Crippen LogP contribution is 2.40. The normalized spacial score (nSPS) is 14.5. The van der Waals surface area contributed by atoms with Gasteiger partial charge < -0.3 is 21.7 Å². The summed E-state index contributed by atoms with van der Waals surface area (Å²) in [6.07, 6.45) is 1.60. The maximum Gasteiger partial charge on any atom is 0.123 e. The minimum absolute atomic E-state index is 0.344. The fourth-order valence-electron chi connectivity index (χ4n) is 3.31. The van der Waals surface area contributed by atoms with E-state index >= 15 is 0 Å². The van der Waals surface area contributed by atoms with E-state index in [-0.39, 0.29) is 0 Å². The second-order valence-electron chi connectivity index (χ2n) is 7.46. The third-order valence-corrected chi connectivity index (χ3v) is 6.87. The van der Waals surface area contributed by atoms with E-state index in [9.17, 15) is 10.2 Å². The zero-order chi connectivity index (χ0) is 22.3. The number of aliphatic hydroxyl groups excluding tert-OH is 1. The number of halogens is 2. The highest BCUT2D eigenvalue weighted by Gasteiger charge is 2.24. The minimum Gasteiger partial charge on any atom is -0.393 e. The topological polar surface area (TPSA) is 118 Å². The number of nitrogen functional groups attached to an aromatic ring is 1. The van der Waals surface area contributed by atoms with Crippen LogP contribution in [-0.2, 0) is 5.60 Å². The number of aromatic nitrogens is 2. The lowest BCUT2D eigenvalue weighted by atomic mass is 9.96. The van der Waals surface area contributed by atoms with Crippen LogP contribution in [-0.4, -0.2) is 26.8 Å². The van der Waals surface area contributed by atoms with Crippen molar-refractivity contribution in [2.24, 2.45) is 5.73 Å². The first-order valence-corrected chi connectivity index (χ1v) is 11.0. The molecule has 4 rings (SSSR count). The van der Waals surface area contributed by atoms with Gasteiger partial charge in [-0.25, -0.2) is 4.98 Å². The molecule has 0 fully saturated rings. The maximum absolute atomic E-state index is 10.4. The molecule has 0 bridgehead atoms. The molecule has 4 aromatic rings. The van der Waals surface area contributed by atoms with Gasteiger partial charge in [-0.15, -0.1) is 11.3 Å². The van der Waals surface area contributed by atoms with Crippen molar-refractivity contribution in [3.05, 3.63) is 74.8 Å². The fraction of sp³-hybridized carbons (Fsp3) is 0.182. The predicted molar refractivity (Wildman–Crippen MR) is 126 cm³/mol. The molecule has 31 heavy (non-hydrogen) atoms. The van der Waals surface area contributed by atoms with Gasteiger partial charge in [-0.1, -0.05) is 23.2 Å². The molecule has 0 radical (unpaired) electrons. The molecule has 2 unspecified atom stereocenters. The van der Waals surface area contributed by atoms with Gasteiger partial charge >= 0.3 is 0 Å².